The normalized spacial score (nSPS) is 15.5. The van der Waals surface area contributed by atoms with Crippen molar-refractivity contribution in [2.75, 3.05) is 26.4 Å². The van der Waals surface area contributed by atoms with Gasteiger partial charge in [-0.25, -0.2) is 13.1 Å². The fraction of sp³-hybridized carbons (Fsp3) is 0.562. The molecule has 2 rings (SSSR count). The molecule has 1 heterocycles. The van der Waals surface area contributed by atoms with Crippen molar-refractivity contribution < 1.29 is 8.42 Å². The van der Waals surface area contributed by atoms with Gasteiger partial charge in [-0.05, 0) is 31.4 Å². The zero-order valence-corrected chi connectivity index (χ0v) is 17.8. The van der Waals surface area contributed by atoms with Gasteiger partial charge in [-0.15, -0.1) is 24.0 Å². The Balaban J connectivity index is 0.00000288. The number of fused-ring (bicyclic) bond motifs is 1. The van der Waals surface area contributed by atoms with Crippen molar-refractivity contribution in [3.8, 4) is 0 Å². The minimum Gasteiger partial charge on any atom is -0.354 e. The van der Waals surface area contributed by atoms with E-state index in [0.29, 0.717) is 6.54 Å². The monoisotopic (exact) mass is 466 g/mol. The lowest BCUT2D eigenvalue weighted by atomic mass is 10.0. The molecule has 0 aliphatic carbocycles. The molecule has 0 unspecified atom stereocenters. The molecule has 0 saturated carbocycles. The lowest BCUT2D eigenvalue weighted by Crippen LogP contribution is -2.54. The highest BCUT2D eigenvalue weighted by Crippen LogP contribution is 2.18. The molecule has 0 aromatic heterocycles. The van der Waals surface area contributed by atoms with Gasteiger partial charge in [0.25, 0.3) is 0 Å². The summed E-state index contributed by atoms with van der Waals surface area (Å²) in [5.41, 5.74) is 2.12. The van der Waals surface area contributed by atoms with Gasteiger partial charge in [0.15, 0.2) is 5.96 Å². The van der Waals surface area contributed by atoms with Crippen LogP contribution in [0.25, 0.3) is 0 Å². The number of sulfonamides is 1. The molecule has 2 N–H and O–H groups in total. The lowest BCUT2D eigenvalue weighted by Gasteiger charge is -2.33. The lowest BCUT2D eigenvalue weighted by molar-refractivity contribution is 0.367. The van der Waals surface area contributed by atoms with E-state index in [-0.39, 0.29) is 24.0 Å². The molecule has 1 aromatic carbocycles. The Hall–Kier alpha value is -0.870. The van der Waals surface area contributed by atoms with E-state index in [9.17, 15) is 8.42 Å². The summed E-state index contributed by atoms with van der Waals surface area (Å²) in [7, 11) is -1.49. The van der Waals surface area contributed by atoms with E-state index in [1.54, 1.807) is 7.05 Å². The fourth-order valence-corrected chi connectivity index (χ4v) is 3.92. The molecule has 0 bridgehead atoms. The van der Waals surface area contributed by atoms with Crippen molar-refractivity contribution >= 4 is 40.0 Å². The van der Waals surface area contributed by atoms with Gasteiger partial charge in [0.1, 0.15) is 0 Å². The second-order valence-electron chi connectivity index (χ2n) is 6.60. The molecular formula is C16H27IN4O2S. The molecule has 1 aromatic rings. The third-order valence-corrected chi connectivity index (χ3v) is 4.72. The van der Waals surface area contributed by atoms with Crippen LogP contribution in [0, 0.1) is 0 Å². The number of nitrogens with zero attached hydrogens (tertiary/aromatic N) is 2. The number of benzene rings is 1. The van der Waals surface area contributed by atoms with Gasteiger partial charge in [0.05, 0.1) is 6.26 Å². The first kappa shape index (κ1) is 21.2. The zero-order valence-electron chi connectivity index (χ0n) is 14.7. The first-order valence-electron chi connectivity index (χ1n) is 7.71. The third-order valence-electron chi connectivity index (χ3n) is 3.79. The highest BCUT2D eigenvalue weighted by atomic mass is 127. The molecule has 1 aliphatic heterocycles. The number of hydrogen-bond donors (Lipinski definition) is 2. The minimum absolute atomic E-state index is 0. The van der Waals surface area contributed by atoms with E-state index in [0.717, 1.165) is 25.5 Å². The maximum absolute atomic E-state index is 11.4. The standard InChI is InChI=1S/C16H26N4O2S.HI/c1-16(2,19-23(4,21)22)12-18-15(17-3)20-10-9-13-7-5-6-8-14(13)11-20;/h5-8,19H,9-12H2,1-4H3,(H,17,18);1H. The summed E-state index contributed by atoms with van der Waals surface area (Å²) >= 11 is 0. The third kappa shape index (κ3) is 6.21. The van der Waals surface area contributed by atoms with E-state index in [1.807, 2.05) is 13.8 Å². The van der Waals surface area contributed by atoms with Gasteiger partial charge in [-0.3, -0.25) is 4.99 Å². The fourth-order valence-electron chi connectivity index (χ4n) is 2.85. The Morgan fingerprint density at radius 2 is 1.92 bits per heavy atom. The predicted octanol–water partition coefficient (Wildman–Crippen LogP) is 1.57. The van der Waals surface area contributed by atoms with Gasteiger partial charge in [-0.2, -0.15) is 0 Å². The van der Waals surface area contributed by atoms with Crippen molar-refractivity contribution in [3.05, 3.63) is 35.4 Å². The number of hydrogen-bond acceptors (Lipinski definition) is 3. The van der Waals surface area contributed by atoms with Crippen LogP contribution in [-0.4, -0.2) is 51.2 Å². The van der Waals surface area contributed by atoms with Crippen LogP contribution in [0.1, 0.15) is 25.0 Å². The highest BCUT2D eigenvalue weighted by Gasteiger charge is 2.24. The Morgan fingerprint density at radius 3 is 2.50 bits per heavy atom. The average Bonchev–Trinajstić information content (AvgIpc) is 2.45. The quantitative estimate of drug-likeness (QED) is 0.402. The van der Waals surface area contributed by atoms with Crippen LogP contribution in [0.2, 0.25) is 0 Å². The van der Waals surface area contributed by atoms with Crippen molar-refractivity contribution in [1.29, 1.82) is 0 Å². The number of halogens is 1. The van der Waals surface area contributed by atoms with Crippen molar-refractivity contribution in [3.63, 3.8) is 0 Å². The van der Waals surface area contributed by atoms with E-state index in [4.69, 9.17) is 0 Å². The molecule has 0 saturated heterocycles. The van der Waals surface area contributed by atoms with Gasteiger partial charge in [0, 0.05) is 32.2 Å². The van der Waals surface area contributed by atoms with Crippen LogP contribution in [0.4, 0.5) is 0 Å². The number of rotatable bonds is 4. The Labute approximate surface area is 162 Å². The van der Waals surface area contributed by atoms with Gasteiger partial charge < -0.3 is 10.2 Å². The predicted molar refractivity (Wildman–Crippen MR) is 109 cm³/mol. The molecule has 0 spiro atoms. The van der Waals surface area contributed by atoms with Crippen molar-refractivity contribution in [2.24, 2.45) is 4.99 Å². The molecule has 0 fully saturated rings. The smallest absolute Gasteiger partial charge is 0.209 e. The number of aliphatic imine (C=N–C) groups is 1. The molecule has 0 atom stereocenters. The topological polar surface area (TPSA) is 73.8 Å². The van der Waals surface area contributed by atoms with E-state index in [1.165, 1.54) is 17.4 Å². The average molecular weight is 466 g/mol. The SMILES string of the molecule is CN=C(NCC(C)(C)NS(C)(=O)=O)N1CCc2ccccc2C1.I. The molecule has 1 aliphatic rings. The maximum Gasteiger partial charge on any atom is 0.209 e. The van der Waals surface area contributed by atoms with Gasteiger partial charge in [0.2, 0.25) is 10.0 Å². The first-order valence-corrected chi connectivity index (χ1v) is 9.61. The summed E-state index contributed by atoms with van der Waals surface area (Å²) in [5.74, 6) is 0.794. The number of guanidine groups is 1. The summed E-state index contributed by atoms with van der Waals surface area (Å²) < 4.78 is 25.5. The molecule has 0 amide bonds. The summed E-state index contributed by atoms with van der Waals surface area (Å²) in [5, 5.41) is 3.28. The Kier molecular flexibility index (Phi) is 7.48. The summed E-state index contributed by atoms with van der Waals surface area (Å²) in [4.78, 5) is 6.53. The zero-order chi connectivity index (χ0) is 17.1. The molecule has 8 heteroatoms. The number of nitrogens with one attached hydrogen (secondary N) is 2. The van der Waals surface area contributed by atoms with E-state index < -0.39 is 15.6 Å². The first-order chi connectivity index (χ1) is 10.7. The van der Waals surface area contributed by atoms with Crippen LogP contribution in [-0.2, 0) is 23.0 Å². The van der Waals surface area contributed by atoms with Gasteiger partial charge >= 0.3 is 0 Å². The summed E-state index contributed by atoms with van der Waals surface area (Å²) in [6.45, 7) is 5.87. The molecule has 24 heavy (non-hydrogen) atoms. The molecule has 0 radical (unpaired) electrons. The molecular weight excluding hydrogens is 439 g/mol. The van der Waals surface area contributed by atoms with Crippen LogP contribution < -0.4 is 10.0 Å². The van der Waals surface area contributed by atoms with Gasteiger partial charge in [-0.1, -0.05) is 24.3 Å². The van der Waals surface area contributed by atoms with Crippen molar-refractivity contribution in [2.45, 2.75) is 32.4 Å². The largest absolute Gasteiger partial charge is 0.354 e. The Bertz CT molecular complexity index is 689. The van der Waals surface area contributed by atoms with Crippen molar-refractivity contribution in [1.82, 2.24) is 14.9 Å². The Morgan fingerprint density at radius 1 is 1.29 bits per heavy atom. The highest BCUT2D eigenvalue weighted by molar-refractivity contribution is 14.0. The minimum atomic E-state index is -3.24. The second-order valence-corrected chi connectivity index (χ2v) is 8.35. The summed E-state index contributed by atoms with van der Waals surface area (Å²) in [6.07, 6.45) is 2.16. The van der Waals surface area contributed by atoms with E-state index >= 15 is 0 Å². The van der Waals surface area contributed by atoms with Crippen LogP contribution >= 0.6 is 24.0 Å². The van der Waals surface area contributed by atoms with Crippen LogP contribution in [0.3, 0.4) is 0 Å². The van der Waals surface area contributed by atoms with E-state index in [2.05, 4.69) is 44.2 Å². The molecule has 136 valence electrons. The summed E-state index contributed by atoms with van der Waals surface area (Å²) in [6, 6.07) is 8.44. The maximum atomic E-state index is 11.4. The van der Waals surface area contributed by atoms with Crippen LogP contribution in [0.15, 0.2) is 29.3 Å². The molecule has 6 nitrogen and oxygen atoms in total. The van der Waals surface area contributed by atoms with Crippen LogP contribution in [0.5, 0.6) is 0 Å². The second kappa shape index (κ2) is 8.48.